The van der Waals surface area contributed by atoms with Gasteiger partial charge in [0.15, 0.2) is 29.5 Å². The molecular formula is C28H35F2N9O10P2S. The van der Waals surface area contributed by atoms with Gasteiger partial charge in [0.2, 0.25) is 0 Å². The average Bonchev–Trinajstić information content (AvgIpc) is 3.84. The van der Waals surface area contributed by atoms with E-state index in [2.05, 4.69) is 24.9 Å². The Labute approximate surface area is 298 Å². The molecule has 0 spiro atoms. The van der Waals surface area contributed by atoms with E-state index in [1.807, 2.05) is 0 Å². The summed E-state index contributed by atoms with van der Waals surface area (Å²) in [6, 6.07) is 0.437. The van der Waals surface area contributed by atoms with E-state index in [9.17, 15) is 18.8 Å². The van der Waals surface area contributed by atoms with E-state index in [0.29, 0.717) is 11.4 Å². The van der Waals surface area contributed by atoms with Gasteiger partial charge in [-0.3, -0.25) is 27.5 Å². The van der Waals surface area contributed by atoms with Crippen LogP contribution in [0.3, 0.4) is 0 Å². The van der Waals surface area contributed by atoms with E-state index < -0.39 is 94.0 Å². The number of alkyl halides is 2. The highest BCUT2D eigenvalue weighted by Gasteiger charge is 2.54. The van der Waals surface area contributed by atoms with E-state index in [-0.39, 0.29) is 40.3 Å². The fraction of sp³-hybridized carbons (Fsp3) is 0.571. The first kappa shape index (κ1) is 37.0. The van der Waals surface area contributed by atoms with E-state index >= 15 is 8.78 Å². The SMILES string of the molecule is CC(C)(C)C(=O)OCSP1(=O)OC[C@H]2O[C@@H](n3cnc4c(N)ccnc43)C(F)[C@H]2OP(=O)(O)OC[C@H]2C[C@@H](n3cnc4c(N)ncnc43)C(F)[C@H]2O1. The Kier molecular flexibility index (Phi) is 9.84. The normalized spacial score (nSPS) is 34.4. The average molecular weight is 790 g/mol. The molecule has 1 aliphatic carbocycles. The van der Waals surface area contributed by atoms with Crippen LogP contribution in [0.4, 0.5) is 20.3 Å². The third kappa shape index (κ3) is 7.03. The highest BCUT2D eigenvalue weighted by atomic mass is 32.7. The van der Waals surface area contributed by atoms with Gasteiger partial charge in [0.1, 0.15) is 47.8 Å². The van der Waals surface area contributed by atoms with Crippen molar-refractivity contribution in [3.63, 3.8) is 0 Å². The first-order valence-electron chi connectivity index (χ1n) is 15.9. The number of carbonyl (C=O) groups excluding carboxylic acids is 1. The summed E-state index contributed by atoms with van der Waals surface area (Å²) in [6.07, 6.45) is -5.52. The lowest BCUT2D eigenvalue weighted by atomic mass is 9.98. The van der Waals surface area contributed by atoms with Gasteiger partial charge in [0.25, 0.3) is 0 Å². The van der Waals surface area contributed by atoms with Gasteiger partial charge in [-0.25, -0.2) is 42.8 Å². The summed E-state index contributed by atoms with van der Waals surface area (Å²) in [5.41, 5.74) is 12.1. The monoisotopic (exact) mass is 789 g/mol. The predicted molar refractivity (Wildman–Crippen MR) is 180 cm³/mol. The number of phosphoric acid groups is 1. The molecule has 3 fully saturated rings. The molecule has 4 aromatic rings. The highest BCUT2D eigenvalue weighted by Crippen LogP contribution is 2.64. The maximum absolute atomic E-state index is 16.6. The van der Waals surface area contributed by atoms with E-state index in [1.165, 1.54) is 40.4 Å². The van der Waals surface area contributed by atoms with Crippen molar-refractivity contribution in [3.8, 4) is 0 Å². The Morgan fingerprint density at radius 1 is 1.00 bits per heavy atom. The Morgan fingerprint density at radius 3 is 2.50 bits per heavy atom. The second kappa shape index (κ2) is 13.8. The number of hydrogen-bond acceptors (Lipinski definition) is 17. The Bertz CT molecular complexity index is 2090. The first-order chi connectivity index (χ1) is 24.6. The molecule has 3 aliphatic rings. The zero-order valence-electron chi connectivity index (χ0n) is 27.8. The zero-order chi connectivity index (χ0) is 37.2. The molecule has 52 heavy (non-hydrogen) atoms. The number of nitrogens with zero attached hydrogens (tertiary/aromatic N) is 7. The maximum Gasteiger partial charge on any atom is 0.472 e. The lowest BCUT2D eigenvalue weighted by Crippen LogP contribution is -2.35. The molecule has 6 heterocycles. The van der Waals surface area contributed by atoms with Crippen LogP contribution in [0.2, 0.25) is 0 Å². The van der Waals surface area contributed by atoms with Crippen LogP contribution >= 0.6 is 26.0 Å². The molecule has 1 saturated carbocycles. The van der Waals surface area contributed by atoms with Crippen LogP contribution in [-0.4, -0.2) is 94.7 Å². The number of rotatable bonds is 5. The van der Waals surface area contributed by atoms with Crippen molar-refractivity contribution in [2.24, 2.45) is 11.3 Å². The van der Waals surface area contributed by atoms with Gasteiger partial charge in [-0.15, -0.1) is 0 Å². The summed E-state index contributed by atoms with van der Waals surface area (Å²) in [4.78, 5) is 43.9. The molecule has 0 bridgehead atoms. The zero-order valence-corrected chi connectivity index (χ0v) is 30.4. The number of hydrogen-bond donors (Lipinski definition) is 3. The third-order valence-electron chi connectivity index (χ3n) is 8.84. The van der Waals surface area contributed by atoms with Crippen LogP contribution < -0.4 is 11.5 Å². The van der Waals surface area contributed by atoms with Crippen LogP contribution in [0.15, 0.2) is 31.2 Å². The Balaban J connectivity index is 1.20. The standard InChI is InChI=1S/C28H35F2N9O10P2S/c1-28(2,3)27(40)44-12-52-51(43)46-8-16-22(18(30)26(47-16)39-11-36-19-14(31)4-5-33-24(19)39)48-50(41,42)45-7-13-6-15(17(29)21(13)49-51)38-10-37-20-23(32)34-9-35-25(20)38/h4-5,9-11,13,15-18,21-22,26H,6-8,12H2,1-3H3,(H2,31,33)(H,41,42)(H2,32,34,35)/t13-,15-,16-,17?,18?,21+,22+,26-,51?/m1/s1. The van der Waals surface area contributed by atoms with Crippen molar-refractivity contribution >= 4 is 65.8 Å². The lowest BCUT2D eigenvalue weighted by Gasteiger charge is -2.30. The van der Waals surface area contributed by atoms with Crippen molar-refractivity contribution in [3.05, 3.63) is 31.2 Å². The predicted octanol–water partition coefficient (Wildman–Crippen LogP) is 3.88. The Morgan fingerprint density at radius 2 is 1.73 bits per heavy atom. The number of anilines is 2. The van der Waals surface area contributed by atoms with Gasteiger partial charge in [-0.2, -0.15) is 0 Å². The summed E-state index contributed by atoms with van der Waals surface area (Å²) in [6.45, 7) is -1.08. The largest absolute Gasteiger partial charge is 0.472 e. The van der Waals surface area contributed by atoms with E-state index in [4.69, 9.17) is 39.0 Å². The number of phosphoric ester groups is 1. The molecule has 24 heteroatoms. The number of pyridine rings is 1. The molecular weight excluding hydrogens is 754 g/mol. The summed E-state index contributed by atoms with van der Waals surface area (Å²) in [5, 5.41) is 0. The number of halogens is 2. The fourth-order valence-corrected chi connectivity index (χ4v) is 10.0. The van der Waals surface area contributed by atoms with Gasteiger partial charge in [-0.1, -0.05) is 0 Å². The van der Waals surface area contributed by atoms with Crippen molar-refractivity contribution in [2.75, 3.05) is 30.6 Å². The molecule has 4 unspecified atom stereocenters. The van der Waals surface area contributed by atoms with Crippen LogP contribution in [-0.2, 0) is 41.5 Å². The number of carbonyl (C=O) groups is 1. The molecule has 0 radical (unpaired) electrons. The van der Waals surface area contributed by atoms with Crippen molar-refractivity contribution in [2.45, 2.75) is 70.1 Å². The lowest BCUT2D eigenvalue weighted by molar-refractivity contribution is -0.150. The minimum atomic E-state index is -5.08. The van der Waals surface area contributed by atoms with E-state index in [0.717, 1.165) is 0 Å². The van der Waals surface area contributed by atoms with Gasteiger partial charge in [-0.05, 0) is 33.3 Å². The van der Waals surface area contributed by atoms with Crippen molar-refractivity contribution in [1.82, 2.24) is 34.1 Å². The molecule has 282 valence electrons. The van der Waals surface area contributed by atoms with Crippen LogP contribution in [0.5, 0.6) is 0 Å². The number of ether oxygens (including phenoxy) is 2. The van der Waals surface area contributed by atoms with Crippen molar-refractivity contribution in [1.29, 1.82) is 0 Å². The second-order valence-electron chi connectivity index (χ2n) is 13.4. The molecule has 0 aromatic carbocycles. The Hall–Kier alpha value is -3.33. The molecule has 5 N–H and O–H groups in total. The molecule has 2 saturated heterocycles. The summed E-state index contributed by atoms with van der Waals surface area (Å²) >= 11 is 0.457. The highest BCUT2D eigenvalue weighted by molar-refractivity contribution is 8.55. The topological polar surface area (TPSA) is 253 Å². The smallest absolute Gasteiger partial charge is 0.454 e. The maximum atomic E-state index is 16.6. The van der Waals surface area contributed by atoms with Gasteiger partial charge in [0, 0.05) is 23.5 Å². The minimum absolute atomic E-state index is 0.0588. The van der Waals surface area contributed by atoms with Crippen molar-refractivity contribution < 1.29 is 55.2 Å². The minimum Gasteiger partial charge on any atom is -0.454 e. The molecule has 0 amide bonds. The number of nitrogen functional groups attached to an aromatic ring is 2. The number of nitrogens with two attached hydrogens (primary N) is 2. The molecule has 4 aromatic heterocycles. The van der Waals surface area contributed by atoms with Crippen LogP contribution in [0, 0.1) is 11.3 Å². The summed E-state index contributed by atoms with van der Waals surface area (Å²) in [7, 11) is -5.08. The number of aromatic nitrogens is 7. The molecule has 19 nitrogen and oxygen atoms in total. The second-order valence-corrected chi connectivity index (χ2v) is 18.8. The van der Waals surface area contributed by atoms with E-state index in [1.54, 1.807) is 20.8 Å². The molecule has 2 aliphatic heterocycles. The van der Waals surface area contributed by atoms with Gasteiger partial charge >= 0.3 is 20.6 Å². The number of fused-ring (bicyclic) bond motifs is 4. The third-order valence-corrected chi connectivity index (χ3v) is 13.2. The van der Waals surface area contributed by atoms with Crippen LogP contribution in [0.25, 0.3) is 22.3 Å². The quantitative estimate of drug-likeness (QED) is 0.147. The fourth-order valence-electron chi connectivity index (χ4n) is 6.20. The molecule has 7 rings (SSSR count). The summed E-state index contributed by atoms with van der Waals surface area (Å²) < 4.78 is 96.9. The summed E-state index contributed by atoms with van der Waals surface area (Å²) in [5.74, 6) is -2.14. The number of imidazole rings is 2. The van der Waals surface area contributed by atoms with Gasteiger partial charge in [0.05, 0.1) is 43.0 Å². The van der Waals surface area contributed by atoms with Gasteiger partial charge < -0.3 is 30.4 Å². The number of esters is 1. The molecule has 10 atom stereocenters. The first-order valence-corrected chi connectivity index (χ1v) is 20.5. The van der Waals surface area contributed by atoms with Crippen LogP contribution in [0.1, 0.15) is 39.5 Å².